The van der Waals surface area contributed by atoms with Crippen LogP contribution in [0.1, 0.15) is 13.8 Å². The molecule has 0 saturated heterocycles. The van der Waals surface area contributed by atoms with Crippen LogP contribution in [0.15, 0.2) is 30.3 Å². The lowest BCUT2D eigenvalue weighted by molar-refractivity contribution is -0.121. The molecule has 0 radical (unpaired) electrons. The van der Waals surface area contributed by atoms with Crippen LogP contribution in [0.3, 0.4) is 0 Å². The van der Waals surface area contributed by atoms with Gasteiger partial charge < -0.3 is 19.1 Å². The van der Waals surface area contributed by atoms with Crippen LogP contribution in [-0.4, -0.2) is 42.7 Å². The van der Waals surface area contributed by atoms with Crippen molar-refractivity contribution in [1.29, 1.82) is 0 Å². The van der Waals surface area contributed by atoms with Crippen molar-refractivity contribution in [3.05, 3.63) is 35.4 Å². The first-order valence-electron chi connectivity index (χ1n) is 7.62. The van der Waals surface area contributed by atoms with Crippen LogP contribution in [-0.2, 0) is 4.79 Å². The number of hydrogen-bond donors (Lipinski definition) is 0. The molecule has 0 spiro atoms. The SMILES string of the molecule is COc1cc(OC)nc(OCC(=O)N(c2ccccc2Cl)C(C)C)n1. The van der Waals surface area contributed by atoms with Gasteiger partial charge in [-0.1, -0.05) is 23.7 Å². The van der Waals surface area contributed by atoms with E-state index in [1.807, 2.05) is 26.0 Å². The molecule has 0 unspecified atom stereocenters. The van der Waals surface area contributed by atoms with Gasteiger partial charge in [0.25, 0.3) is 5.91 Å². The van der Waals surface area contributed by atoms with Crippen LogP contribution in [0.5, 0.6) is 17.8 Å². The predicted octanol–water partition coefficient (Wildman–Crippen LogP) is 2.97. The molecule has 8 heteroatoms. The lowest BCUT2D eigenvalue weighted by Crippen LogP contribution is -2.40. The van der Waals surface area contributed by atoms with Gasteiger partial charge in [0.05, 0.1) is 31.0 Å². The van der Waals surface area contributed by atoms with E-state index in [0.717, 1.165) is 0 Å². The van der Waals surface area contributed by atoms with E-state index in [0.29, 0.717) is 10.7 Å². The first-order valence-corrected chi connectivity index (χ1v) is 8.00. The molecule has 0 bridgehead atoms. The number of ether oxygens (including phenoxy) is 3. The lowest BCUT2D eigenvalue weighted by atomic mass is 10.2. The number of methoxy groups -OCH3 is 2. The second-order valence-corrected chi connectivity index (χ2v) is 5.74. The summed E-state index contributed by atoms with van der Waals surface area (Å²) in [7, 11) is 2.93. The number of anilines is 1. The van der Waals surface area contributed by atoms with Crippen molar-refractivity contribution in [2.75, 3.05) is 25.7 Å². The Bertz CT molecular complexity index is 717. The van der Waals surface area contributed by atoms with Gasteiger partial charge in [-0.15, -0.1) is 0 Å². The van der Waals surface area contributed by atoms with E-state index in [-0.39, 0.29) is 36.3 Å². The van der Waals surface area contributed by atoms with E-state index < -0.39 is 0 Å². The molecule has 0 aliphatic heterocycles. The summed E-state index contributed by atoms with van der Waals surface area (Å²) >= 11 is 6.21. The van der Waals surface area contributed by atoms with Crippen molar-refractivity contribution >= 4 is 23.2 Å². The van der Waals surface area contributed by atoms with Gasteiger partial charge in [-0.3, -0.25) is 4.79 Å². The third kappa shape index (κ3) is 4.73. The number of carbonyl (C=O) groups is 1. The smallest absolute Gasteiger partial charge is 0.323 e. The largest absolute Gasteiger partial charge is 0.481 e. The zero-order valence-corrected chi connectivity index (χ0v) is 15.3. The molecular weight excluding hydrogens is 346 g/mol. The molecule has 1 aromatic heterocycles. The molecule has 0 aliphatic rings. The standard InChI is InChI=1S/C17H20ClN3O4/c1-11(2)21(13-8-6-5-7-12(13)18)16(22)10-25-17-19-14(23-3)9-15(20-17)24-4/h5-9,11H,10H2,1-4H3. The second-order valence-electron chi connectivity index (χ2n) is 5.33. The van der Waals surface area contributed by atoms with E-state index >= 15 is 0 Å². The molecule has 0 N–H and O–H groups in total. The van der Waals surface area contributed by atoms with Crippen LogP contribution < -0.4 is 19.1 Å². The number of amides is 1. The Morgan fingerprint density at radius 3 is 2.28 bits per heavy atom. The van der Waals surface area contributed by atoms with Crippen LogP contribution >= 0.6 is 11.6 Å². The van der Waals surface area contributed by atoms with Crippen molar-refractivity contribution < 1.29 is 19.0 Å². The fourth-order valence-electron chi connectivity index (χ4n) is 2.20. The van der Waals surface area contributed by atoms with Crippen LogP contribution in [0.25, 0.3) is 0 Å². The maximum atomic E-state index is 12.6. The van der Waals surface area contributed by atoms with Gasteiger partial charge in [0, 0.05) is 6.04 Å². The first-order chi connectivity index (χ1) is 12.0. The van der Waals surface area contributed by atoms with Gasteiger partial charge in [0.2, 0.25) is 11.8 Å². The van der Waals surface area contributed by atoms with Gasteiger partial charge in [-0.05, 0) is 26.0 Å². The Morgan fingerprint density at radius 2 is 1.76 bits per heavy atom. The quantitative estimate of drug-likeness (QED) is 0.751. The highest BCUT2D eigenvalue weighted by atomic mass is 35.5. The molecule has 7 nitrogen and oxygen atoms in total. The summed E-state index contributed by atoms with van der Waals surface area (Å²) in [5.41, 5.74) is 0.622. The summed E-state index contributed by atoms with van der Waals surface area (Å²) in [6.07, 6.45) is 0. The zero-order chi connectivity index (χ0) is 18.4. The maximum Gasteiger partial charge on any atom is 0.323 e. The normalized spacial score (nSPS) is 10.5. The van der Waals surface area contributed by atoms with Gasteiger partial charge >= 0.3 is 6.01 Å². The Labute approximate surface area is 151 Å². The molecule has 0 atom stereocenters. The van der Waals surface area contributed by atoms with E-state index in [1.54, 1.807) is 17.0 Å². The van der Waals surface area contributed by atoms with E-state index in [1.165, 1.54) is 20.3 Å². The third-order valence-electron chi connectivity index (χ3n) is 3.30. The monoisotopic (exact) mass is 365 g/mol. The van der Waals surface area contributed by atoms with Gasteiger partial charge in [-0.25, -0.2) is 0 Å². The summed E-state index contributed by atoms with van der Waals surface area (Å²) in [4.78, 5) is 22.3. The Kier molecular flexibility index (Phi) is 6.41. The molecule has 1 amide bonds. The van der Waals surface area contributed by atoms with Crippen molar-refractivity contribution in [1.82, 2.24) is 9.97 Å². The third-order valence-corrected chi connectivity index (χ3v) is 3.62. The number of rotatable bonds is 7. The Hall–Kier alpha value is -2.54. The highest BCUT2D eigenvalue weighted by molar-refractivity contribution is 6.33. The van der Waals surface area contributed by atoms with Gasteiger partial charge in [0.15, 0.2) is 6.61 Å². The number of carbonyl (C=O) groups excluding carboxylic acids is 1. The van der Waals surface area contributed by atoms with Gasteiger partial charge in [-0.2, -0.15) is 9.97 Å². The zero-order valence-electron chi connectivity index (χ0n) is 14.5. The molecule has 2 aromatic rings. The van der Waals surface area contributed by atoms with Crippen molar-refractivity contribution in [2.24, 2.45) is 0 Å². The molecule has 0 aliphatic carbocycles. The highest BCUT2D eigenvalue weighted by Gasteiger charge is 2.22. The molecule has 0 fully saturated rings. The summed E-state index contributed by atoms with van der Waals surface area (Å²) < 4.78 is 15.5. The number of nitrogens with zero attached hydrogens (tertiary/aromatic N) is 3. The maximum absolute atomic E-state index is 12.6. The van der Waals surface area contributed by atoms with Crippen LogP contribution in [0.2, 0.25) is 5.02 Å². The fourth-order valence-corrected chi connectivity index (χ4v) is 2.43. The van der Waals surface area contributed by atoms with E-state index in [9.17, 15) is 4.79 Å². The number of para-hydroxylation sites is 1. The number of benzene rings is 1. The summed E-state index contributed by atoms with van der Waals surface area (Å²) in [6.45, 7) is 3.54. The minimum Gasteiger partial charge on any atom is -0.481 e. The fraction of sp³-hybridized carbons (Fsp3) is 0.353. The molecular formula is C17H20ClN3O4. The summed E-state index contributed by atoms with van der Waals surface area (Å²) in [5, 5.41) is 0.490. The number of halogens is 1. The molecule has 1 heterocycles. The molecule has 2 rings (SSSR count). The molecule has 0 saturated carbocycles. The highest BCUT2D eigenvalue weighted by Crippen LogP contribution is 2.27. The van der Waals surface area contributed by atoms with Crippen molar-refractivity contribution in [2.45, 2.75) is 19.9 Å². The summed E-state index contributed by atoms with van der Waals surface area (Å²) in [5.74, 6) is 0.288. The number of aromatic nitrogens is 2. The number of hydrogen-bond acceptors (Lipinski definition) is 6. The first kappa shape index (κ1) is 18.8. The van der Waals surface area contributed by atoms with Crippen molar-refractivity contribution in [3.8, 4) is 17.8 Å². The minimum atomic E-state index is -0.270. The molecule has 25 heavy (non-hydrogen) atoms. The molecule has 1 aromatic carbocycles. The minimum absolute atomic E-state index is 0.00702. The van der Waals surface area contributed by atoms with Crippen LogP contribution in [0.4, 0.5) is 5.69 Å². The summed E-state index contributed by atoms with van der Waals surface area (Å²) in [6, 6.07) is 8.55. The second kappa shape index (κ2) is 8.53. The van der Waals surface area contributed by atoms with Gasteiger partial charge in [0.1, 0.15) is 0 Å². The van der Waals surface area contributed by atoms with Crippen LogP contribution in [0, 0.1) is 0 Å². The van der Waals surface area contributed by atoms with E-state index in [2.05, 4.69) is 9.97 Å². The lowest BCUT2D eigenvalue weighted by Gasteiger charge is -2.27. The Morgan fingerprint density at radius 1 is 1.16 bits per heavy atom. The predicted molar refractivity (Wildman–Crippen MR) is 94.7 cm³/mol. The van der Waals surface area contributed by atoms with Crippen molar-refractivity contribution in [3.63, 3.8) is 0 Å². The topological polar surface area (TPSA) is 73.8 Å². The molecule has 134 valence electrons. The average Bonchev–Trinajstić information content (AvgIpc) is 2.61. The Balaban J connectivity index is 2.16. The van der Waals surface area contributed by atoms with E-state index in [4.69, 9.17) is 25.8 Å². The average molecular weight is 366 g/mol.